The third-order valence-corrected chi connectivity index (χ3v) is 2.85. The number of ketones is 1. The van der Waals surface area contributed by atoms with Gasteiger partial charge in [-0.05, 0) is 42.5 Å². The molecular formula is C14H12ClNO2. The maximum Gasteiger partial charge on any atom is 0.193 e. The summed E-state index contributed by atoms with van der Waals surface area (Å²) < 4.78 is 5.05. The number of nitrogen functional groups attached to an aromatic ring is 1. The van der Waals surface area contributed by atoms with Crippen LogP contribution in [0.2, 0.25) is 5.02 Å². The number of anilines is 1. The van der Waals surface area contributed by atoms with Gasteiger partial charge in [0, 0.05) is 16.1 Å². The standard InChI is InChI=1S/C14H12ClNO2/c1-18-13-7-4-10(8-12(13)16)14(17)9-2-5-11(15)6-3-9/h2-8H,16H2,1H3. The number of ether oxygens (including phenoxy) is 1. The van der Waals surface area contributed by atoms with Crippen molar-refractivity contribution in [1.82, 2.24) is 0 Å². The van der Waals surface area contributed by atoms with Gasteiger partial charge in [0.15, 0.2) is 5.78 Å². The minimum absolute atomic E-state index is 0.0963. The summed E-state index contributed by atoms with van der Waals surface area (Å²) in [5, 5.41) is 0.598. The summed E-state index contributed by atoms with van der Waals surface area (Å²) in [4.78, 5) is 12.2. The number of carbonyl (C=O) groups is 1. The third-order valence-electron chi connectivity index (χ3n) is 2.60. The Hall–Kier alpha value is -2.00. The van der Waals surface area contributed by atoms with Crippen LogP contribution in [0.25, 0.3) is 0 Å². The summed E-state index contributed by atoms with van der Waals surface area (Å²) in [6.45, 7) is 0. The van der Waals surface area contributed by atoms with Gasteiger partial charge in [0.2, 0.25) is 0 Å². The van der Waals surface area contributed by atoms with E-state index in [0.29, 0.717) is 27.6 Å². The quantitative estimate of drug-likeness (QED) is 0.682. The van der Waals surface area contributed by atoms with E-state index in [0.717, 1.165) is 0 Å². The van der Waals surface area contributed by atoms with E-state index < -0.39 is 0 Å². The number of carbonyl (C=O) groups excluding carboxylic acids is 1. The largest absolute Gasteiger partial charge is 0.495 e. The van der Waals surface area contributed by atoms with E-state index in [1.807, 2.05) is 0 Å². The van der Waals surface area contributed by atoms with Crippen LogP contribution in [0.3, 0.4) is 0 Å². The molecule has 0 aliphatic heterocycles. The lowest BCUT2D eigenvalue weighted by atomic mass is 10.0. The van der Waals surface area contributed by atoms with Crippen LogP contribution in [0.15, 0.2) is 42.5 Å². The van der Waals surface area contributed by atoms with E-state index in [2.05, 4.69) is 0 Å². The van der Waals surface area contributed by atoms with Gasteiger partial charge in [0.1, 0.15) is 5.75 Å². The average Bonchev–Trinajstić information content (AvgIpc) is 2.38. The first-order chi connectivity index (χ1) is 8.61. The van der Waals surface area contributed by atoms with Gasteiger partial charge in [-0.25, -0.2) is 0 Å². The molecule has 0 atom stereocenters. The van der Waals surface area contributed by atoms with Gasteiger partial charge in [-0.3, -0.25) is 4.79 Å². The summed E-state index contributed by atoms with van der Waals surface area (Å²) in [5.74, 6) is 0.462. The summed E-state index contributed by atoms with van der Waals surface area (Å²) in [6, 6.07) is 11.7. The molecule has 0 radical (unpaired) electrons. The van der Waals surface area contributed by atoms with Crippen molar-refractivity contribution in [2.45, 2.75) is 0 Å². The van der Waals surface area contributed by atoms with Gasteiger partial charge in [0.25, 0.3) is 0 Å². The molecule has 0 spiro atoms. The number of benzene rings is 2. The van der Waals surface area contributed by atoms with Crippen molar-refractivity contribution in [2.24, 2.45) is 0 Å². The van der Waals surface area contributed by atoms with Gasteiger partial charge in [-0.2, -0.15) is 0 Å². The molecule has 0 saturated carbocycles. The second-order valence-corrected chi connectivity index (χ2v) is 4.23. The normalized spacial score (nSPS) is 10.1. The lowest BCUT2D eigenvalue weighted by Gasteiger charge is -2.06. The minimum Gasteiger partial charge on any atom is -0.495 e. The highest BCUT2D eigenvalue weighted by atomic mass is 35.5. The Morgan fingerprint density at radius 3 is 2.28 bits per heavy atom. The van der Waals surface area contributed by atoms with E-state index in [1.165, 1.54) is 7.11 Å². The minimum atomic E-state index is -0.0963. The maximum absolute atomic E-state index is 12.2. The van der Waals surface area contributed by atoms with Gasteiger partial charge >= 0.3 is 0 Å². The van der Waals surface area contributed by atoms with E-state index in [-0.39, 0.29) is 5.78 Å². The van der Waals surface area contributed by atoms with Crippen molar-refractivity contribution in [2.75, 3.05) is 12.8 Å². The Bertz CT molecular complexity index is 579. The molecule has 0 heterocycles. The molecule has 0 saturated heterocycles. The van der Waals surface area contributed by atoms with Crippen LogP contribution in [-0.2, 0) is 0 Å². The number of hydrogen-bond acceptors (Lipinski definition) is 3. The maximum atomic E-state index is 12.2. The number of hydrogen-bond donors (Lipinski definition) is 1. The molecule has 2 aromatic rings. The fraction of sp³-hybridized carbons (Fsp3) is 0.0714. The molecule has 2 N–H and O–H groups in total. The predicted octanol–water partition coefficient (Wildman–Crippen LogP) is 3.16. The second kappa shape index (κ2) is 5.10. The van der Waals surface area contributed by atoms with Crippen LogP contribution < -0.4 is 10.5 Å². The summed E-state index contributed by atoms with van der Waals surface area (Å²) >= 11 is 5.78. The fourth-order valence-electron chi connectivity index (χ4n) is 1.64. The molecule has 2 aromatic carbocycles. The lowest BCUT2D eigenvalue weighted by Crippen LogP contribution is -2.02. The molecule has 2 rings (SSSR count). The second-order valence-electron chi connectivity index (χ2n) is 3.79. The third kappa shape index (κ3) is 2.46. The first-order valence-corrected chi connectivity index (χ1v) is 5.73. The Morgan fingerprint density at radius 2 is 1.72 bits per heavy atom. The molecule has 18 heavy (non-hydrogen) atoms. The summed E-state index contributed by atoms with van der Waals surface area (Å²) in [5.41, 5.74) is 7.31. The predicted molar refractivity (Wildman–Crippen MR) is 72.3 cm³/mol. The van der Waals surface area contributed by atoms with Crippen LogP contribution >= 0.6 is 11.6 Å². The van der Waals surface area contributed by atoms with Crippen molar-refractivity contribution in [3.05, 3.63) is 58.6 Å². The summed E-state index contributed by atoms with van der Waals surface area (Å²) in [7, 11) is 1.53. The Kier molecular flexibility index (Phi) is 3.53. The van der Waals surface area contributed by atoms with Crippen LogP contribution in [0.5, 0.6) is 5.75 Å². The van der Waals surface area contributed by atoms with Crippen LogP contribution in [0.4, 0.5) is 5.69 Å². The van der Waals surface area contributed by atoms with E-state index in [9.17, 15) is 4.79 Å². The zero-order valence-corrected chi connectivity index (χ0v) is 10.6. The Morgan fingerprint density at radius 1 is 1.11 bits per heavy atom. The number of halogens is 1. The van der Waals surface area contributed by atoms with Crippen molar-refractivity contribution in [3.63, 3.8) is 0 Å². The van der Waals surface area contributed by atoms with Crippen molar-refractivity contribution >= 4 is 23.1 Å². The molecular weight excluding hydrogens is 250 g/mol. The molecule has 0 aromatic heterocycles. The van der Waals surface area contributed by atoms with Gasteiger partial charge in [0.05, 0.1) is 12.8 Å². The molecule has 0 bridgehead atoms. The number of nitrogens with two attached hydrogens (primary N) is 1. The molecule has 92 valence electrons. The van der Waals surface area contributed by atoms with Gasteiger partial charge in [-0.15, -0.1) is 0 Å². The molecule has 4 heteroatoms. The number of methoxy groups -OCH3 is 1. The smallest absolute Gasteiger partial charge is 0.193 e. The first kappa shape index (κ1) is 12.5. The fourth-order valence-corrected chi connectivity index (χ4v) is 1.77. The molecule has 3 nitrogen and oxygen atoms in total. The topological polar surface area (TPSA) is 52.3 Å². The van der Waals surface area contributed by atoms with Gasteiger partial charge < -0.3 is 10.5 Å². The molecule has 0 aliphatic rings. The monoisotopic (exact) mass is 261 g/mol. The Labute approximate surface area is 110 Å². The molecule has 0 aliphatic carbocycles. The summed E-state index contributed by atoms with van der Waals surface area (Å²) in [6.07, 6.45) is 0. The molecule has 0 amide bonds. The highest BCUT2D eigenvalue weighted by Gasteiger charge is 2.10. The zero-order valence-electron chi connectivity index (χ0n) is 9.81. The van der Waals surface area contributed by atoms with Crippen LogP contribution in [-0.4, -0.2) is 12.9 Å². The van der Waals surface area contributed by atoms with Crippen molar-refractivity contribution in [3.8, 4) is 5.75 Å². The van der Waals surface area contributed by atoms with Gasteiger partial charge in [-0.1, -0.05) is 11.6 Å². The zero-order chi connectivity index (χ0) is 13.1. The van der Waals surface area contributed by atoms with Crippen LogP contribution in [0.1, 0.15) is 15.9 Å². The molecule has 0 unspecified atom stereocenters. The molecule has 0 fully saturated rings. The number of rotatable bonds is 3. The van der Waals surface area contributed by atoms with Crippen LogP contribution in [0, 0.1) is 0 Å². The lowest BCUT2D eigenvalue weighted by molar-refractivity contribution is 0.103. The van der Waals surface area contributed by atoms with E-state index in [4.69, 9.17) is 22.1 Å². The van der Waals surface area contributed by atoms with Crippen molar-refractivity contribution in [1.29, 1.82) is 0 Å². The first-order valence-electron chi connectivity index (χ1n) is 5.35. The highest BCUT2D eigenvalue weighted by Crippen LogP contribution is 2.23. The average molecular weight is 262 g/mol. The highest BCUT2D eigenvalue weighted by molar-refractivity contribution is 6.30. The van der Waals surface area contributed by atoms with E-state index >= 15 is 0 Å². The SMILES string of the molecule is COc1ccc(C(=O)c2ccc(Cl)cc2)cc1N. The Balaban J connectivity index is 2.34. The van der Waals surface area contributed by atoms with E-state index in [1.54, 1.807) is 42.5 Å². The van der Waals surface area contributed by atoms with Crippen molar-refractivity contribution < 1.29 is 9.53 Å².